The summed E-state index contributed by atoms with van der Waals surface area (Å²) in [6.07, 6.45) is 7.87. The Balaban J connectivity index is 1.71. The fraction of sp³-hybridized carbons (Fsp3) is 0.600. The lowest BCUT2D eigenvalue weighted by atomic mass is 9.83. The summed E-state index contributed by atoms with van der Waals surface area (Å²) in [5, 5.41) is 5.61. The Labute approximate surface area is 159 Å². The summed E-state index contributed by atoms with van der Waals surface area (Å²) in [6, 6.07) is 7.89. The highest BCUT2D eigenvalue weighted by atomic mass is 35.5. The van der Waals surface area contributed by atoms with Crippen LogP contribution < -0.4 is 5.73 Å². The molecular formula is C20H27ClN4O. The van der Waals surface area contributed by atoms with Gasteiger partial charge in [0.05, 0.1) is 16.8 Å². The van der Waals surface area contributed by atoms with Crippen LogP contribution in [0.15, 0.2) is 24.3 Å². The molecule has 1 heterocycles. The fourth-order valence-corrected chi connectivity index (χ4v) is 4.68. The van der Waals surface area contributed by atoms with Crippen molar-refractivity contribution in [2.75, 3.05) is 7.11 Å². The maximum absolute atomic E-state index is 6.48. The predicted octanol–water partition coefficient (Wildman–Crippen LogP) is 4.19. The van der Waals surface area contributed by atoms with Crippen molar-refractivity contribution in [3.05, 3.63) is 40.9 Å². The Morgan fingerprint density at radius 1 is 1.12 bits per heavy atom. The molecule has 1 aromatic carbocycles. The van der Waals surface area contributed by atoms with Gasteiger partial charge < -0.3 is 10.5 Å². The Morgan fingerprint density at radius 2 is 1.88 bits per heavy atom. The van der Waals surface area contributed by atoms with E-state index in [4.69, 9.17) is 32.2 Å². The lowest BCUT2D eigenvalue weighted by molar-refractivity contribution is 0.0482. The molecule has 1 aromatic heterocycles. The van der Waals surface area contributed by atoms with E-state index in [1.165, 1.54) is 25.7 Å². The van der Waals surface area contributed by atoms with Crippen LogP contribution in [0, 0.1) is 0 Å². The van der Waals surface area contributed by atoms with Crippen molar-refractivity contribution in [2.24, 2.45) is 5.73 Å². The molecule has 2 aliphatic carbocycles. The largest absolute Gasteiger partial charge is 0.380 e. The summed E-state index contributed by atoms with van der Waals surface area (Å²) in [6.45, 7) is 0. The van der Waals surface area contributed by atoms with E-state index in [0.29, 0.717) is 10.9 Å². The van der Waals surface area contributed by atoms with E-state index in [1.54, 1.807) is 7.11 Å². The second-order valence-corrected chi connectivity index (χ2v) is 8.03. The standard InChI is InChI=1S/C20H27ClN4O/c1-26-18-11-10-14(12-16(18)22)20-23-19(13-6-2-3-7-13)24-25(20)17-9-5-4-8-15(17)21/h4-5,8-9,13-14,16,18H,2-3,6-7,10-12,22H2,1H3/t14-,16+,18+/m0/s1. The van der Waals surface area contributed by atoms with Gasteiger partial charge in [-0.15, -0.1) is 0 Å². The normalized spacial score (nSPS) is 27.1. The summed E-state index contributed by atoms with van der Waals surface area (Å²) in [4.78, 5) is 5.02. The minimum Gasteiger partial charge on any atom is -0.380 e. The number of para-hydroxylation sites is 1. The van der Waals surface area contributed by atoms with Gasteiger partial charge in [-0.3, -0.25) is 0 Å². The number of nitrogens with zero attached hydrogens (tertiary/aromatic N) is 3. The summed E-state index contributed by atoms with van der Waals surface area (Å²) in [5.41, 5.74) is 7.26. The van der Waals surface area contributed by atoms with E-state index < -0.39 is 0 Å². The quantitative estimate of drug-likeness (QED) is 0.871. The van der Waals surface area contributed by atoms with Crippen molar-refractivity contribution >= 4 is 11.6 Å². The lowest BCUT2D eigenvalue weighted by Crippen LogP contribution is -2.41. The number of rotatable bonds is 4. The van der Waals surface area contributed by atoms with E-state index >= 15 is 0 Å². The third-order valence-corrected chi connectivity index (χ3v) is 6.27. The number of benzene rings is 1. The molecule has 2 aliphatic rings. The molecule has 26 heavy (non-hydrogen) atoms. The van der Waals surface area contributed by atoms with Crippen molar-refractivity contribution in [2.45, 2.75) is 68.9 Å². The minimum atomic E-state index is 0.0325. The van der Waals surface area contributed by atoms with Crippen LogP contribution in [0.25, 0.3) is 5.69 Å². The monoisotopic (exact) mass is 374 g/mol. The van der Waals surface area contributed by atoms with Crippen LogP contribution in [0.5, 0.6) is 0 Å². The summed E-state index contributed by atoms with van der Waals surface area (Å²) >= 11 is 6.48. The van der Waals surface area contributed by atoms with Gasteiger partial charge >= 0.3 is 0 Å². The van der Waals surface area contributed by atoms with E-state index in [0.717, 1.165) is 36.6 Å². The average molecular weight is 375 g/mol. The van der Waals surface area contributed by atoms with Gasteiger partial charge in [0, 0.05) is 25.0 Å². The van der Waals surface area contributed by atoms with Gasteiger partial charge in [0.2, 0.25) is 0 Å². The first-order valence-electron chi connectivity index (χ1n) is 9.67. The van der Waals surface area contributed by atoms with Crippen molar-refractivity contribution in [3.63, 3.8) is 0 Å². The van der Waals surface area contributed by atoms with Crippen LogP contribution in [0.4, 0.5) is 0 Å². The molecule has 140 valence electrons. The van der Waals surface area contributed by atoms with Gasteiger partial charge in [-0.2, -0.15) is 5.10 Å². The van der Waals surface area contributed by atoms with E-state index in [-0.39, 0.29) is 18.1 Å². The van der Waals surface area contributed by atoms with Gasteiger partial charge in [-0.05, 0) is 44.2 Å². The molecule has 2 aromatic rings. The lowest BCUT2D eigenvalue weighted by Gasteiger charge is -2.32. The molecule has 2 saturated carbocycles. The second-order valence-electron chi connectivity index (χ2n) is 7.62. The Bertz CT molecular complexity index is 756. The highest BCUT2D eigenvalue weighted by Crippen LogP contribution is 2.37. The number of ether oxygens (including phenoxy) is 1. The third kappa shape index (κ3) is 3.40. The van der Waals surface area contributed by atoms with Gasteiger partial charge in [0.25, 0.3) is 0 Å². The number of methoxy groups -OCH3 is 1. The molecule has 0 unspecified atom stereocenters. The molecule has 3 atom stereocenters. The second kappa shape index (κ2) is 7.67. The molecule has 0 saturated heterocycles. The zero-order valence-electron chi connectivity index (χ0n) is 15.3. The number of hydrogen-bond donors (Lipinski definition) is 1. The number of hydrogen-bond acceptors (Lipinski definition) is 4. The number of aromatic nitrogens is 3. The molecular weight excluding hydrogens is 348 g/mol. The molecule has 0 spiro atoms. The van der Waals surface area contributed by atoms with Gasteiger partial charge in [0.15, 0.2) is 5.82 Å². The average Bonchev–Trinajstić information content (AvgIpc) is 3.32. The molecule has 0 bridgehead atoms. The molecule has 4 rings (SSSR count). The van der Waals surface area contributed by atoms with Crippen molar-refractivity contribution in [1.29, 1.82) is 0 Å². The van der Waals surface area contributed by atoms with Gasteiger partial charge in [-0.25, -0.2) is 9.67 Å². The van der Waals surface area contributed by atoms with Crippen LogP contribution >= 0.6 is 11.6 Å². The zero-order chi connectivity index (χ0) is 18.1. The van der Waals surface area contributed by atoms with Gasteiger partial charge in [0.1, 0.15) is 5.82 Å². The molecule has 5 nitrogen and oxygen atoms in total. The topological polar surface area (TPSA) is 66.0 Å². The van der Waals surface area contributed by atoms with E-state index in [9.17, 15) is 0 Å². The zero-order valence-corrected chi connectivity index (χ0v) is 16.0. The number of nitrogens with two attached hydrogens (primary N) is 1. The summed E-state index contributed by atoms with van der Waals surface area (Å²) < 4.78 is 7.49. The maximum atomic E-state index is 6.48. The molecule has 0 aliphatic heterocycles. The first kappa shape index (κ1) is 18.0. The van der Waals surface area contributed by atoms with Crippen LogP contribution in [0.2, 0.25) is 5.02 Å². The van der Waals surface area contributed by atoms with Crippen molar-refractivity contribution in [1.82, 2.24) is 14.8 Å². The minimum absolute atomic E-state index is 0.0325. The highest BCUT2D eigenvalue weighted by Gasteiger charge is 2.33. The third-order valence-electron chi connectivity index (χ3n) is 5.95. The Kier molecular flexibility index (Phi) is 5.30. The Hall–Kier alpha value is -1.43. The van der Waals surface area contributed by atoms with Crippen LogP contribution in [-0.4, -0.2) is 34.0 Å². The van der Waals surface area contributed by atoms with Crippen LogP contribution in [0.3, 0.4) is 0 Å². The first-order valence-corrected chi connectivity index (χ1v) is 10.0. The van der Waals surface area contributed by atoms with E-state index in [1.807, 2.05) is 28.9 Å². The maximum Gasteiger partial charge on any atom is 0.154 e. The Morgan fingerprint density at radius 3 is 2.58 bits per heavy atom. The molecule has 2 fully saturated rings. The summed E-state index contributed by atoms with van der Waals surface area (Å²) in [7, 11) is 1.75. The van der Waals surface area contributed by atoms with Crippen LogP contribution in [-0.2, 0) is 4.74 Å². The molecule has 2 N–H and O–H groups in total. The van der Waals surface area contributed by atoms with E-state index in [2.05, 4.69) is 0 Å². The summed E-state index contributed by atoms with van der Waals surface area (Å²) in [5.74, 6) is 2.74. The molecule has 0 radical (unpaired) electrons. The molecule has 0 amide bonds. The predicted molar refractivity (Wildman–Crippen MR) is 103 cm³/mol. The highest BCUT2D eigenvalue weighted by molar-refractivity contribution is 6.32. The molecule has 6 heteroatoms. The number of halogens is 1. The smallest absolute Gasteiger partial charge is 0.154 e. The van der Waals surface area contributed by atoms with Crippen molar-refractivity contribution < 1.29 is 4.74 Å². The van der Waals surface area contributed by atoms with Crippen LogP contribution in [0.1, 0.15) is 68.4 Å². The van der Waals surface area contributed by atoms with Crippen molar-refractivity contribution in [3.8, 4) is 5.69 Å². The van der Waals surface area contributed by atoms with Gasteiger partial charge in [-0.1, -0.05) is 36.6 Å². The SMILES string of the molecule is CO[C@@H]1CC[C@H](c2nc(C3CCCC3)nn2-c2ccccc2Cl)C[C@H]1N. The fourth-order valence-electron chi connectivity index (χ4n) is 4.47. The first-order chi connectivity index (χ1) is 12.7.